The maximum atomic E-state index is 12.2. The molecule has 1 amide bonds. The molecule has 4 nitrogen and oxygen atoms in total. The van der Waals surface area contributed by atoms with Gasteiger partial charge in [-0.05, 0) is 30.0 Å². The first-order valence-electron chi connectivity index (χ1n) is 7.80. The maximum Gasteiger partial charge on any atom is 0.224 e. The van der Waals surface area contributed by atoms with Crippen molar-refractivity contribution in [2.75, 3.05) is 13.2 Å². The Kier molecular flexibility index (Phi) is 5.23. The molecular weight excluding hydrogens is 264 g/mol. The molecule has 1 aromatic rings. The van der Waals surface area contributed by atoms with E-state index in [-0.39, 0.29) is 18.0 Å². The first kappa shape index (κ1) is 15.8. The minimum Gasteiger partial charge on any atom is -0.494 e. The third-order valence-electron chi connectivity index (χ3n) is 3.71. The molecule has 1 aliphatic rings. The first-order valence-corrected chi connectivity index (χ1v) is 7.80. The lowest BCUT2D eigenvalue weighted by Gasteiger charge is -2.29. The van der Waals surface area contributed by atoms with Crippen molar-refractivity contribution in [1.82, 2.24) is 4.90 Å². The third-order valence-corrected chi connectivity index (χ3v) is 3.71. The smallest absolute Gasteiger partial charge is 0.224 e. The normalized spacial score (nSPS) is 22.1. The van der Waals surface area contributed by atoms with E-state index >= 15 is 0 Å². The van der Waals surface area contributed by atoms with Gasteiger partial charge in [-0.3, -0.25) is 4.79 Å². The number of hydrogen-bond acceptors (Lipinski definition) is 3. The molecule has 2 rings (SSSR count). The zero-order chi connectivity index (χ0) is 15.4. The molecule has 0 aliphatic carbocycles. The van der Waals surface area contributed by atoms with Crippen LogP contribution < -0.4 is 10.5 Å². The average Bonchev–Trinajstić information content (AvgIpc) is 2.70. The summed E-state index contributed by atoms with van der Waals surface area (Å²) in [5.41, 5.74) is 7.29. The van der Waals surface area contributed by atoms with Crippen LogP contribution in [0.1, 0.15) is 45.2 Å². The summed E-state index contributed by atoms with van der Waals surface area (Å²) in [4.78, 5) is 14.1. The van der Waals surface area contributed by atoms with Crippen LogP contribution >= 0.6 is 0 Å². The number of nitrogens with zero attached hydrogens (tertiary/aromatic N) is 1. The molecule has 4 heteroatoms. The maximum absolute atomic E-state index is 12.2. The van der Waals surface area contributed by atoms with Gasteiger partial charge in [-0.25, -0.2) is 0 Å². The summed E-state index contributed by atoms with van der Waals surface area (Å²) in [6, 6.07) is 7.81. The van der Waals surface area contributed by atoms with Gasteiger partial charge in [0.05, 0.1) is 12.6 Å². The lowest BCUT2D eigenvalue weighted by Crippen LogP contribution is -2.35. The van der Waals surface area contributed by atoms with Gasteiger partial charge in [0, 0.05) is 19.0 Å². The van der Waals surface area contributed by atoms with Crippen molar-refractivity contribution >= 4 is 5.91 Å². The zero-order valence-corrected chi connectivity index (χ0v) is 13.2. The summed E-state index contributed by atoms with van der Waals surface area (Å²) in [5.74, 6) is 1.44. The van der Waals surface area contributed by atoms with Crippen LogP contribution in [0.2, 0.25) is 0 Å². The number of carbonyl (C=O) groups excluding carboxylic acids is 1. The summed E-state index contributed by atoms with van der Waals surface area (Å²) in [7, 11) is 0. The van der Waals surface area contributed by atoms with Crippen molar-refractivity contribution in [3.8, 4) is 5.75 Å². The Hall–Kier alpha value is -1.55. The van der Waals surface area contributed by atoms with Crippen LogP contribution in [0.3, 0.4) is 0 Å². The van der Waals surface area contributed by atoms with Crippen molar-refractivity contribution in [1.29, 1.82) is 0 Å². The average molecular weight is 290 g/mol. The van der Waals surface area contributed by atoms with Gasteiger partial charge in [0.2, 0.25) is 5.91 Å². The highest BCUT2D eigenvalue weighted by molar-refractivity contribution is 5.80. The number of hydrogen-bond donors (Lipinski definition) is 1. The second-order valence-electron chi connectivity index (χ2n) is 6.17. The number of nitrogens with two attached hydrogens (primary N) is 1. The fourth-order valence-electron chi connectivity index (χ4n) is 2.86. The lowest BCUT2D eigenvalue weighted by atomic mass is 10.00. The van der Waals surface area contributed by atoms with Gasteiger partial charge in [0.15, 0.2) is 0 Å². The predicted molar refractivity (Wildman–Crippen MR) is 84.1 cm³/mol. The second-order valence-corrected chi connectivity index (χ2v) is 6.17. The zero-order valence-electron chi connectivity index (χ0n) is 13.2. The van der Waals surface area contributed by atoms with Crippen LogP contribution in [0.5, 0.6) is 5.75 Å². The first-order chi connectivity index (χ1) is 10.0. The van der Waals surface area contributed by atoms with E-state index in [2.05, 4.69) is 20.8 Å². The van der Waals surface area contributed by atoms with E-state index in [1.54, 1.807) is 0 Å². The Balaban J connectivity index is 2.23. The van der Waals surface area contributed by atoms with Crippen molar-refractivity contribution in [3.63, 3.8) is 0 Å². The molecule has 1 aromatic carbocycles. The number of carbonyl (C=O) groups is 1. The highest BCUT2D eigenvalue weighted by atomic mass is 16.5. The van der Waals surface area contributed by atoms with E-state index in [4.69, 9.17) is 10.5 Å². The number of benzene rings is 1. The molecule has 0 radical (unpaired) electrons. The number of ether oxygens (including phenoxy) is 1. The summed E-state index contributed by atoms with van der Waals surface area (Å²) in [5, 5.41) is 0. The van der Waals surface area contributed by atoms with Crippen molar-refractivity contribution in [2.24, 2.45) is 11.7 Å². The van der Waals surface area contributed by atoms with E-state index < -0.39 is 0 Å². The molecular formula is C17H26N2O2. The topological polar surface area (TPSA) is 55.6 Å². The highest BCUT2D eigenvalue weighted by Gasteiger charge is 2.38. The summed E-state index contributed by atoms with van der Waals surface area (Å²) < 4.78 is 5.69. The van der Waals surface area contributed by atoms with Gasteiger partial charge in [-0.1, -0.05) is 32.9 Å². The molecule has 1 saturated heterocycles. The minimum absolute atomic E-state index is 0.0370. The highest BCUT2D eigenvalue weighted by Crippen LogP contribution is 2.34. The van der Waals surface area contributed by atoms with E-state index in [1.807, 2.05) is 29.2 Å². The van der Waals surface area contributed by atoms with E-state index in [0.717, 1.165) is 24.3 Å². The molecule has 0 bridgehead atoms. The van der Waals surface area contributed by atoms with E-state index in [9.17, 15) is 4.79 Å². The lowest BCUT2D eigenvalue weighted by molar-refractivity contribution is -0.129. The fraction of sp³-hybridized carbons (Fsp3) is 0.588. The second kappa shape index (κ2) is 6.94. The number of amides is 1. The van der Waals surface area contributed by atoms with Gasteiger partial charge in [0.1, 0.15) is 5.75 Å². The van der Waals surface area contributed by atoms with Crippen molar-refractivity contribution in [3.05, 3.63) is 29.8 Å². The predicted octanol–water partition coefficient (Wildman–Crippen LogP) is 2.73. The third kappa shape index (κ3) is 3.76. The number of likely N-dealkylation sites (tertiary alicyclic amines) is 1. The molecule has 2 N–H and O–H groups in total. The molecule has 1 fully saturated rings. The Bertz CT molecular complexity index is 487. The van der Waals surface area contributed by atoms with Gasteiger partial charge in [-0.15, -0.1) is 0 Å². The Labute approximate surface area is 127 Å². The van der Waals surface area contributed by atoms with Crippen LogP contribution in [-0.2, 0) is 4.79 Å². The van der Waals surface area contributed by atoms with Crippen LogP contribution in [0.15, 0.2) is 24.3 Å². The van der Waals surface area contributed by atoms with Crippen molar-refractivity contribution in [2.45, 2.75) is 45.7 Å². The molecule has 0 aromatic heterocycles. The van der Waals surface area contributed by atoms with Crippen LogP contribution in [0.4, 0.5) is 0 Å². The van der Waals surface area contributed by atoms with E-state index in [1.165, 1.54) is 0 Å². The molecule has 0 saturated carbocycles. The summed E-state index contributed by atoms with van der Waals surface area (Å²) >= 11 is 0. The molecule has 2 unspecified atom stereocenters. The summed E-state index contributed by atoms with van der Waals surface area (Å²) in [6.45, 7) is 7.77. The Morgan fingerprint density at radius 3 is 2.86 bits per heavy atom. The molecule has 116 valence electrons. The number of rotatable bonds is 6. The SMILES string of the molecule is CCCOc1cccc(C2C(N)CC(=O)N2CC(C)C)c1. The van der Waals surface area contributed by atoms with Gasteiger partial charge < -0.3 is 15.4 Å². The molecule has 21 heavy (non-hydrogen) atoms. The molecule has 0 spiro atoms. The van der Waals surface area contributed by atoms with Crippen LogP contribution in [0.25, 0.3) is 0 Å². The standard InChI is InChI=1S/C17H26N2O2/c1-4-8-21-14-7-5-6-13(9-14)17-15(18)10-16(20)19(17)11-12(2)3/h5-7,9,12,15,17H,4,8,10-11,18H2,1-3H3. The molecule has 2 atom stereocenters. The monoisotopic (exact) mass is 290 g/mol. The van der Waals surface area contributed by atoms with Crippen LogP contribution in [0, 0.1) is 5.92 Å². The van der Waals surface area contributed by atoms with E-state index in [0.29, 0.717) is 18.9 Å². The van der Waals surface area contributed by atoms with Gasteiger partial charge >= 0.3 is 0 Å². The van der Waals surface area contributed by atoms with Crippen LogP contribution in [-0.4, -0.2) is 30.0 Å². The Morgan fingerprint density at radius 1 is 1.43 bits per heavy atom. The molecule has 1 aliphatic heterocycles. The largest absolute Gasteiger partial charge is 0.494 e. The van der Waals surface area contributed by atoms with Gasteiger partial charge in [0.25, 0.3) is 0 Å². The fourth-order valence-corrected chi connectivity index (χ4v) is 2.86. The molecule has 1 heterocycles. The summed E-state index contributed by atoms with van der Waals surface area (Å²) in [6.07, 6.45) is 1.41. The quantitative estimate of drug-likeness (QED) is 0.876. The Morgan fingerprint density at radius 2 is 2.19 bits per heavy atom. The van der Waals surface area contributed by atoms with Crippen molar-refractivity contribution < 1.29 is 9.53 Å². The minimum atomic E-state index is -0.141. The van der Waals surface area contributed by atoms with Gasteiger partial charge in [-0.2, -0.15) is 0 Å².